The summed E-state index contributed by atoms with van der Waals surface area (Å²) in [7, 11) is 0. The molecule has 0 atom stereocenters. The van der Waals surface area contributed by atoms with Gasteiger partial charge < -0.3 is 0 Å². The van der Waals surface area contributed by atoms with Crippen LogP contribution in [0, 0.1) is 5.82 Å². The van der Waals surface area contributed by atoms with E-state index in [4.69, 9.17) is 0 Å². The zero-order valence-electron chi connectivity index (χ0n) is 13.6. The number of hydrogen-bond acceptors (Lipinski definition) is 3. The van der Waals surface area contributed by atoms with E-state index < -0.39 is 11.7 Å². The van der Waals surface area contributed by atoms with E-state index in [0.29, 0.717) is 22.2 Å². The number of halogens is 4. The molecule has 0 saturated carbocycles. The van der Waals surface area contributed by atoms with Crippen molar-refractivity contribution >= 4 is 11.3 Å². The molecule has 4 rings (SSSR count). The Morgan fingerprint density at radius 1 is 0.852 bits per heavy atom. The number of thiazole rings is 1. The number of hydrogen-bond donors (Lipinski definition) is 0. The van der Waals surface area contributed by atoms with Crippen molar-refractivity contribution in [3.8, 4) is 27.8 Å². The third-order valence-electron chi connectivity index (χ3n) is 3.98. The highest BCUT2D eigenvalue weighted by Crippen LogP contribution is 2.34. The fourth-order valence-electron chi connectivity index (χ4n) is 2.71. The van der Waals surface area contributed by atoms with Crippen LogP contribution in [0.25, 0.3) is 27.8 Å². The lowest BCUT2D eigenvalue weighted by atomic mass is 10.1. The van der Waals surface area contributed by atoms with Crippen LogP contribution >= 0.6 is 11.3 Å². The monoisotopic (exact) mass is 389 g/mol. The van der Waals surface area contributed by atoms with E-state index in [1.165, 1.54) is 35.6 Å². The summed E-state index contributed by atoms with van der Waals surface area (Å²) in [5.74, 6) is 0.0972. The average molecular weight is 389 g/mol. The Hall–Kier alpha value is -3.00. The van der Waals surface area contributed by atoms with Gasteiger partial charge in [0.1, 0.15) is 11.6 Å². The summed E-state index contributed by atoms with van der Waals surface area (Å²) in [6.45, 7) is 0. The van der Waals surface area contributed by atoms with Crippen molar-refractivity contribution in [2.24, 2.45) is 0 Å². The number of nitrogens with zero attached hydrogens (tertiary/aromatic N) is 3. The standard InChI is InChI=1S/C19H11F4N3S/c20-15-7-3-12(4-8-15)16-11-25-17(26(16)18-24-9-10-27-18)13-1-5-14(6-2-13)19(21,22)23/h1-11H. The molecule has 0 spiro atoms. The Kier molecular flexibility index (Phi) is 4.27. The lowest BCUT2D eigenvalue weighted by molar-refractivity contribution is -0.137. The molecule has 0 aliphatic rings. The predicted octanol–water partition coefficient (Wildman–Crippen LogP) is 5.82. The fraction of sp³-hybridized carbons (Fsp3) is 0.0526. The first-order chi connectivity index (χ1) is 12.9. The zero-order chi connectivity index (χ0) is 19.0. The summed E-state index contributed by atoms with van der Waals surface area (Å²) in [5, 5.41) is 2.40. The highest BCUT2D eigenvalue weighted by Gasteiger charge is 2.30. The highest BCUT2D eigenvalue weighted by molar-refractivity contribution is 7.12. The Bertz CT molecular complexity index is 1050. The normalized spacial score (nSPS) is 11.7. The summed E-state index contributed by atoms with van der Waals surface area (Å²) >= 11 is 1.37. The largest absolute Gasteiger partial charge is 0.416 e. The maximum atomic E-state index is 13.3. The lowest BCUT2D eigenvalue weighted by Gasteiger charge is -2.11. The topological polar surface area (TPSA) is 30.7 Å². The van der Waals surface area contributed by atoms with Gasteiger partial charge in [0.15, 0.2) is 5.13 Å². The molecule has 0 fully saturated rings. The molecule has 2 heterocycles. The number of benzene rings is 2. The van der Waals surface area contributed by atoms with Crippen LogP contribution in [0.1, 0.15) is 5.56 Å². The SMILES string of the molecule is Fc1ccc(-c2cnc(-c3ccc(C(F)(F)F)cc3)n2-c2nccs2)cc1. The van der Waals surface area contributed by atoms with Crippen LogP contribution in [-0.4, -0.2) is 14.5 Å². The van der Waals surface area contributed by atoms with Crippen molar-refractivity contribution < 1.29 is 17.6 Å². The van der Waals surface area contributed by atoms with Gasteiger partial charge in [-0.25, -0.2) is 14.4 Å². The molecule has 2 aromatic carbocycles. The first-order valence-electron chi connectivity index (χ1n) is 7.84. The van der Waals surface area contributed by atoms with Gasteiger partial charge in [0, 0.05) is 22.7 Å². The van der Waals surface area contributed by atoms with Gasteiger partial charge in [-0.1, -0.05) is 12.1 Å². The molecule has 4 aromatic rings. The minimum atomic E-state index is -4.40. The molecule has 0 saturated heterocycles. The average Bonchev–Trinajstić information content (AvgIpc) is 3.31. The smallest absolute Gasteiger partial charge is 0.268 e. The Morgan fingerprint density at radius 3 is 2.11 bits per heavy atom. The zero-order valence-corrected chi connectivity index (χ0v) is 14.4. The predicted molar refractivity (Wildman–Crippen MR) is 95.1 cm³/mol. The van der Waals surface area contributed by atoms with Gasteiger partial charge >= 0.3 is 6.18 Å². The van der Waals surface area contributed by atoms with Gasteiger partial charge in [-0.15, -0.1) is 11.3 Å². The van der Waals surface area contributed by atoms with E-state index in [0.717, 1.165) is 17.7 Å². The first-order valence-corrected chi connectivity index (χ1v) is 8.72. The van der Waals surface area contributed by atoms with E-state index in [1.807, 2.05) is 0 Å². The van der Waals surface area contributed by atoms with Crippen molar-refractivity contribution in [2.45, 2.75) is 6.18 Å². The second kappa shape index (κ2) is 6.62. The molecule has 2 aromatic heterocycles. The van der Waals surface area contributed by atoms with E-state index >= 15 is 0 Å². The third kappa shape index (κ3) is 3.35. The van der Waals surface area contributed by atoms with Crippen molar-refractivity contribution in [1.82, 2.24) is 14.5 Å². The van der Waals surface area contributed by atoms with E-state index in [9.17, 15) is 17.6 Å². The molecule has 0 bridgehead atoms. The minimum Gasteiger partial charge on any atom is -0.268 e. The van der Waals surface area contributed by atoms with Crippen LogP contribution in [0.15, 0.2) is 66.3 Å². The van der Waals surface area contributed by atoms with Crippen molar-refractivity contribution in [3.05, 3.63) is 77.7 Å². The fourth-order valence-corrected chi connectivity index (χ4v) is 3.36. The lowest BCUT2D eigenvalue weighted by Crippen LogP contribution is -2.04. The Balaban J connectivity index is 1.85. The maximum Gasteiger partial charge on any atom is 0.416 e. The van der Waals surface area contributed by atoms with Gasteiger partial charge in [-0.2, -0.15) is 13.2 Å². The van der Waals surface area contributed by atoms with Crippen LogP contribution in [0.2, 0.25) is 0 Å². The molecule has 0 N–H and O–H groups in total. The van der Waals surface area contributed by atoms with Crippen molar-refractivity contribution in [2.75, 3.05) is 0 Å². The molecule has 27 heavy (non-hydrogen) atoms. The van der Waals surface area contributed by atoms with Gasteiger partial charge in [0.05, 0.1) is 17.5 Å². The van der Waals surface area contributed by atoms with E-state index in [2.05, 4.69) is 9.97 Å². The Labute approximate surface area is 155 Å². The Morgan fingerprint density at radius 2 is 1.52 bits per heavy atom. The van der Waals surface area contributed by atoms with Crippen LogP contribution < -0.4 is 0 Å². The summed E-state index contributed by atoms with van der Waals surface area (Å²) in [5.41, 5.74) is 1.18. The molecular weight excluding hydrogens is 378 g/mol. The molecular formula is C19H11F4N3S. The van der Waals surface area contributed by atoms with E-state index in [-0.39, 0.29) is 5.82 Å². The van der Waals surface area contributed by atoms with Crippen LogP contribution in [0.5, 0.6) is 0 Å². The minimum absolute atomic E-state index is 0.359. The molecule has 136 valence electrons. The molecule has 8 heteroatoms. The van der Waals surface area contributed by atoms with E-state index in [1.54, 1.807) is 34.5 Å². The summed E-state index contributed by atoms with van der Waals surface area (Å²) in [6, 6.07) is 10.7. The first kappa shape index (κ1) is 17.4. The molecule has 0 radical (unpaired) electrons. The summed E-state index contributed by atoms with van der Waals surface area (Å²) < 4.78 is 53.5. The number of alkyl halides is 3. The number of aromatic nitrogens is 3. The van der Waals surface area contributed by atoms with Gasteiger partial charge in [0.2, 0.25) is 0 Å². The molecule has 0 aliphatic heterocycles. The third-order valence-corrected chi connectivity index (χ3v) is 4.74. The highest BCUT2D eigenvalue weighted by atomic mass is 32.1. The summed E-state index contributed by atoms with van der Waals surface area (Å²) in [6.07, 6.45) is -1.17. The van der Waals surface area contributed by atoms with Gasteiger partial charge in [0.25, 0.3) is 0 Å². The van der Waals surface area contributed by atoms with Crippen LogP contribution in [0.3, 0.4) is 0 Å². The van der Waals surface area contributed by atoms with Gasteiger partial charge in [-0.05, 0) is 36.4 Å². The quantitative estimate of drug-likeness (QED) is 0.413. The maximum absolute atomic E-state index is 13.3. The second-order valence-electron chi connectivity index (χ2n) is 5.70. The molecule has 3 nitrogen and oxygen atoms in total. The van der Waals surface area contributed by atoms with Crippen LogP contribution in [0.4, 0.5) is 17.6 Å². The second-order valence-corrected chi connectivity index (χ2v) is 6.57. The van der Waals surface area contributed by atoms with Crippen LogP contribution in [-0.2, 0) is 6.18 Å². The molecule has 0 unspecified atom stereocenters. The molecule has 0 aliphatic carbocycles. The summed E-state index contributed by atoms with van der Waals surface area (Å²) in [4.78, 5) is 8.68. The number of rotatable bonds is 3. The van der Waals surface area contributed by atoms with Gasteiger partial charge in [-0.3, -0.25) is 4.57 Å². The molecule has 0 amide bonds. The van der Waals surface area contributed by atoms with Crippen molar-refractivity contribution in [3.63, 3.8) is 0 Å². The number of imidazole rings is 1. The van der Waals surface area contributed by atoms with Crippen molar-refractivity contribution in [1.29, 1.82) is 0 Å².